The van der Waals surface area contributed by atoms with Gasteiger partial charge in [0.25, 0.3) is 0 Å². The summed E-state index contributed by atoms with van der Waals surface area (Å²) < 4.78 is 5.50. The topological polar surface area (TPSA) is 87.7 Å². The molecule has 0 saturated heterocycles. The lowest BCUT2D eigenvalue weighted by molar-refractivity contribution is -0.146. The molecule has 214 valence electrons. The van der Waals surface area contributed by atoms with Gasteiger partial charge in [-0.25, -0.2) is 4.79 Å². The Morgan fingerprint density at radius 3 is 2.16 bits per heavy atom. The zero-order valence-corrected chi connectivity index (χ0v) is 25.3. The van der Waals surface area contributed by atoms with Crippen molar-refractivity contribution in [1.82, 2.24) is 15.5 Å². The Bertz CT molecular complexity index is 935. The lowest BCUT2D eigenvalue weighted by Crippen LogP contribution is -2.57. The van der Waals surface area contributed by atoms with Crippen LogP contribution in [0, 0.1) is 11.8 Å². The molecule has 4 atom stereocenters. The van der Waals surface area contributed by atoms with Crippen molar-refractivity contribution in [1.29, 1.82) is 0 Å². The summed E-state index contributed by atoms with van der Waals surface area (Å²) in [6.45, 7) is 23.2. The van der Waals surface area contributed by atoms with Crippen LogP contribution in [0.25, 0.3) is 6.08 Å². The standard InChI is InChI=1S/C31H51N3O4/c1-12-22(7)26(33-30(37)38-31(9,10)11)29(36)34(23(8)18-17-20(3)4)27(28(35)32-21(5)6)25-16-14-15-24(13-2)19-25/h13-16,19-23,26-27H,2,12,17-18H2,1,3-11H3,(H,32,35)(H,33,37). The molecule has 0 aliphatic rings. The van der Waals surface area contributed by atoms with Crippen LogP contribution in [0.5, 0.6) is 0 Å². The molecule has 1 rings (SSSR count). The number of alkyl carbamates (subject to hydrolysis) is 1. The van der Waals surface area contributed by atoms with Gasteiger partial charge >= 0.3 is 6.09 Å². The number of amides is 3. The summed E-state index contributed by atoms with van der Waals surface area (Å²) in [5, 5.41) is 5.85. The highest BCUT2D eigenvalue weighted by molar-refractivity contribution is 5.92. The SMILES string of the molecule is C=Cc1cccc(C(C(=O)NC(C)C)N(C(=O)C(NC(=O)OC(C)(C)C)C(C)CC)C(C)CCC(C)C)c1. The van der Waals surface area contributed by atoms with E-state index in [0.717, 1.165) is 18.4 Å². The maximum absolute atomic E-state index is 14.4. The number of nitrogens with one attached hydrogen (secondary N) is 2. The van der Waals surface area contributed by atoms with Crippen LogP contribution in [0.1, 0.15) is 106 Å². The zero-order valence-electron chi connectivity index (χ0n) is 25.3. The Labute approximate surface area is 230 Å². The molecular weight excluding hydrogens is 478 g/mol. The third-order valence-electron chi connectivity index (χ3n) is 6.46. The smallest absolute Gasteiger partial charge is 0.408 e. The number of benzene rings is 1. The Morgan fingerprint density at radius 1 is 1.03 bits per heavy atom. The Kier molecular flexibility index (Phi) is 13.0. The molecule has 0 spiro atoms. The van der Waals surface area contributed by atoms with Gasteiger partial charge in [0.1, 0.15) is 17.7 Å². The van der Waals surface area contributed by atoms with Crippen LogP contribution in [0.2, 0.25) is 0 Å². The average Bonchev–Trinajstić information content (AvgIpc) is 2.81. The molecule has 7 heteroatoms. The molecule has 0 radical (unpaired) electrons. The predicted octanol–water partition coefficient (Wildman–Crippen LogP) is 6.49. The molecular formula is C31H51N3O4. The van der Waals surface area contributed by atoms with Crippen LogP contribution < -0.4 is 10.6 Å². The maximum Gasteiger partial charge on any atom is 0.408 e. The van der Waals surface area contributed by atoms with Gasteiger partial charge < -0.3 is 20.3 Å². The van der Waals surface area contributed by atoms with E-state index in [4.69, 9.17) is 4.74 Å². The van der Waals surface area contributed by atoms with Crippen molar-refractivity contribution >= 4 is 24.0 Å². The lowest BCUT2D eigenvalue weighted by Gasteiger charge is -2.40. The molecule has 0 heterocycles. The van der Waals surface area contributed by atoms with E-state index < -0.39 is 23.8 Å². The van der Waals surface area contributed by atoms with Gasteiger partial charge in [-0.2, -0.15) is 0 Å². The summed E-state index contributed by atoms with van der Waals surface area (Å²) >= 11 is 0. The van der Waals surface area contributed by atoms with Crippen molar-refractivity contribution in [3.05, 3.63) is 42.0 Å². The van der Waals surface area contributed by atoms with Crippen molar-refractivity contribution in [3.63, 3.8) is 0 Å². The van der Waals surface area contributed by atoms with Crippen LogP contribution in [-0.2, 0) is 14.3 Å². The molecule has 1 aromatic carbocycles. The highest BCUT2D eigenvalue weighted by atomic mass is 16.6. The number of carbonyl (C=O) groups excluding carboxylic acids is 3. The number of carbonyl (C=O) groups is 3. The van der Waals surface area contributed by atoms with E-state index in [1.807, 2.05) is 58.9 Å². The van der Waals surface area contributed by atoms with Crippen molar-refractivity contribution in [2.45, 2.75) is 118 Å². The van der Waals surface area contributed by atoms with E-state index >= 15 is 0 Å². The van der Waals surface area contributed by atoms with Crippen LogP contribution in [0.15, 0.2) is 30.8 Å². The fraction of sp³-hybridized carbons (Fsp3) is 0.645. The Morgan fingerprint density at radius 2 is 1.66 bits per heavy atom. The summed E-state index contributed by atoms with van der Waals surface area (Å²) in [5.74, 6) is -0.296. The summed E-state index contributed by atoms with van der Waals surface area (Å²) in [6.07, 6.45) is 3.35. The van der Waals surface area contributed by atoms with Gasteiger partial charge in [-0.05, 0) is 83.4 Å². The molecule has 4 unspecified atom stereocenters. The first-order valence-electron chi connectivity index (χ1n) is 14.0. The number of hydrogen-bond acceptors (Lipinski definition) is 4. The zero-order chi connectivity index (χ0) is 29.2. The predicted molar refractivity (Wildman–Crippen MR) is 156 cm³/mol. The number of hydrogen-bond donors (Lipinski definition) is 2. The van der Waals surface area contributed by atoms with E-state index in [1.54, 1.807) is 31.7 Å². The van der Waals surface area contributed by atoms with Gasteiger partial charge in [-0.3, -0.25) is 9.59 Å². The molecule has 0 aliphatic carbocycles. The fourth-order valence-electron chi connectivity index (χ4n) is 4.25. The van der Waals surface area contributed by atoms with E-state index in [9.17, 15) is 14.4 Å². The largest absolute Gasteiger partial charge is 0.444 e. The van der Waals surface area contributed by atoms with Crippen LogP contribution in [0.3, 0.4) is 0 Å². The van der Waals surface area contributed by atoms with Crippen molar-refractivity contribution in [2.75, 3.05) is 0 Å². The van der Waals surface area contributed by atoms with Crippen LogP contribution in [0.4, 0.5) is 4.79 Å². The van der Waals surface area contributed by atoms with Crippen molar-refractivity contribution in [2.24, 2.45) is 11.8 Å². The molecule has 1 aromatic rings. The van der Waals surface area contributed by atoms with Gasteiger partial charge in [-0.1, -0.05) is 65.0 Å². The van der Waals surface area contributed by atoms with Gasteiger partial charge in [0.2, 0.25) is 11.8 Å². The van der Waals surface area contributed by atoms with Gasteiger partial charge in [0.15, 0.2) is 0 Å². The molecule has 0 fully saturated rings. The molecule has 7 nitrogen and oxygen atoms in total. The van der Waals surface area contributed by atoms with E-state index in [1.165, 1.54) is 0 Å². The minimum atomic E-state index is -0.876. The number of ether oxygens (including phenoxy) is 1. The third-order valence-corrected chi connectivity index (χ3v) is 6.46. The molecule has 0 aliphatic heterocycles. The van der Waals surface area contributed by atoms with Crippen LogP contribution >= 0.6 is 0 Å². The second-order valence-corrected chi connectivity index (χ2v) is 12.0. The molecule has 3 amide bonds. The first-order chi connectivity index (χ1) is 17.6. The van der Waals surface area contributed by atoms with E-state index in [-0.39, 0.29) is 29.8 Å². The van der Waals surface area contributed by atoms with Crippen molar-refractivity contribution in [3.8, 4) is 0 Å². The summed E-state index contributed by atoms with van der Waals surface area (Å²) in [6, 6.07) is 5.45. The third kappa shape index (κ3) is 10.5. The summed E-state index contributed by atoms with van der Waals surface area (Å²) in [4.78, 5) is 42.7. The highest BCUT2D eigenvalue weighted by Crippen LogP contribution is 2.30. The molecule has 0 bridgehead atoms. The van der Waals surface area contributed by atoms with Gasteiger partial charge in [0.05, 0.1) is 0 Å². The average molecular weight is 530 g/mol. The first-order valence-corrected chi connectivity index (χ1v) is 14.0. The van der Waals surface area contributed by atoms with Crippen molar-refractivity contribution < 1.29 is 19.1 Å². The Balaban J connectivity index is 3.69. The van der Waals surface area contributed by atoms with Gasteiger partial charge in [0, 0.05) is 12.1 Å². The highest BCUT2D eigenvalue weighted by Gasteiger charge is 2.40. The second kappa shape index (κ2) is 14.9. The second-order valence-electron chi connectivity index (χ2n) is 12.0. The number of rotatable bonds is 13. The van der Waals surface area contributed by atoms with Gasteiger partial charge in [-0.15, -0.1) is 0 Å². The normalized spacial score (nSPS) is 14.8. The van der Waals surface area contributed by atoms with Crippen LogP contribution in [-0.4, -0.2) is 46.5 Å². The molecule has 38 heavy (non-hydrogen) atoms. The fourth-order valence-corrected chi connectivity index (χ4v) is 4.25. The maximum atomic E-state index is 14.4. The lowest BCUT2D eigenvalue weighted by atomic mass is 9.92. The Hall–Kier alpha value is -2.83. The quantitative estimate of drug-likeness (QED) is 0.306. The monoisotopic (exact) mass is 529 g/mol. The molecule has 0 saturated carbocycles. The minimum Gasteiger partial charge on any atom is -0.444 e. The molecule has 0 aromatic heterocycles. The summed E-state index contributed by atoms with van der Waals surface area (Å²) in [5.41, 5.74) is 0.852. The van der Waals surface area contributed by atoms with E-state index in [0.29, 0.717) is 17.9 Å². The summed E-state index contributed by atoms with van der Waals surface area (Å²) in [7, 11) is 0. The minimum absolute atomic E-state index is 0.110. The first kappa shape index (κ1) is 33.2. The molecule has 2 N–H and O–H groups in total. The van der Waals surface area contributed by atoms with E-state index in [2.05, 4.69) is 31.1 Å². The number of nitrogens with zero attached hydrogens (tertiary/aromatic N) is 1.